The van der Waals surface area contributed by atoms with Crippen LogP contribution in [0.2, 0.25) is 5.02 Å². The molecule has 1 aromatic rings. The molecule has 1 aromatic carbocycles. The molecule has 112 valence electrons. The molecule has 1 aliphatic heterocycles. The minimum atomic E-state index is 0.347. The van der Waals surface area contributed by atoms with E-state index in [9.17, 15) is 0 Å². The van der Waals surface area contributed by atoms with E-state index in [-0.39, 0.29) is 0 Å². The van der Waals surface area contributed by atoms with Gasteiger partial charge in [0.15, 0.2) is 0 Å². The van der Waals surface area contributed by atoms with Crippen LogP contribution in [-0.2, 0) is 11.3 Å². The van der Waals surface area contributed by atoms with Crippen LogP contribution in [0.25, 0.3) is 0 Å². The summed E-state index contributed by atoms with van der Waals surface area (Å²) < 4.78 is 5.80. The second-order valence-corrected chi connectivity index (χ2v) is 5.66. The van der Waals surface area contributed by atoms with Gasteiger partial charge >= 0.3 is 0 Å². The third-order valence-corrected chi connectivity index (χ3v) is 3.97. The molecule has 4 heteroatoms. The highest BCUT2D eigenvalue weighted by Crippen LogP contribution is 2.28. The van der Waals surface area contributed by atoms with Gasteiger partial charge in [-0.1, -0.05) is 24.6 Å². The zero-order valence-electron chi connectivity index (χ0n) is 12.5. The van der Waals surface area contributed by atoms with Gasteiger partial charge in [0.2, 0.25) is 0 Å². The quantitative estimate of drug-likeness (QED) is 0.870. The van der Waals surface area contributed by atoms with Crippen LogP contribution in [0.1, 0.15) is 32.3 Å². The second-order valence-electron chi connectivity index (χ2n) is 5.22. The average Bonchev–Trinajstić information content (AvgIpc) is 2.46. The Bertz CT molecular complexity index is 423. The predicted molar refractivity (Wildman–Crippen MR) is 85.7 cm³/mol. The molecule has 0 aromatic heterocycles. The zero-order valence-corrected chi connectivity index (χ0v) is 13.2. The molecule has 1 fully saturated rings. The van der Waals surface area contributed by atoms with E-state index in [4.69, 9.17) is 16.3 Å². The first-order chi connectivity index (χ1) is 9.74. The number of nitrogens with zero attached hydrogens (tertiary/aromatic N) is 1. The Morgan fingerprint density at radius 3 is 3.00 bits per heavy atom. The van der Waals surface area contributed by atoms with Crippen LogP contribution in [0.4, 0.5) is 5.69 Å². The normalized spacial score (nSPS) is 19.4. The molecular weight excluding hydrogens is 272 g/mol. The van der Waals surface area contributed by atoms with Crippen molar-refractivity contribution < 1.29 is 4.74 Å². The van der Waals surface area contributed by atoms with Crippen LogP contribution in [0, 0.1) is 0 Å². The first-order valence-corrected chi connectivity index (χ1v) is 7.98. The fourth-order valence-electron chi connectivity index (χ4n) is 2.77. The van der Waals surface area contributed by atoms with E-state index >= 15 is 0 Å². The smallest absolute Gasteiger partial charge is 0.0750 e. The van der Waals surface area contributed by atoms with Gasteiger partial charge in [0.25, 0.3) is 0 Å². The highest BCUT2D eigenvalue weighted by molar-refractivity contribution is 6.30. The number of benzene rings is 1. The monoisotopic (exact) mass is 296 g/mol. The summed E-state index contributed by atoms with van der Waals surface area (Å²) in [5, 5.41) is 4.20. The van der Waals surface area contributed by atoms with Gasteiger partial charge < -0.3 is 15.0 Å². The highest BCUT2D eigenvalue weighted by atomic mass is 35.5. The number of halogens is 1. The number of rotatable bonds is 6. The summed E-state index contributed by atoms with van der Waals surface area (Å²) in [4.78, 5) is 2.42. The maximum Gasteiger partial charge on any atom is 0.0750 e. The van der Waals surface area contributed by atoms with Gasteiger partial charge in [0.05, 0.1) is 6.10 Å². The maximum atomic E-state index is 6.19. The fraction of sp³-hybridized carbons (Fsp3) is 0.625. The van der Waals surface area contributed by atoms with E-state index in [0.717, 1.165) is 44.2 Å². The number of hydrogen-bond donors (Lipinski definition) is 1. The van der Waals surface area contributed by atoms with Gasteiger partial charge in [0.1, 0.15) is 0 Å². The topological polar surface area (TPSA) is 24.5 Å². The number of nitrogens with one attached hydrogen (secondary N) is 1. The summed E-state index contributed by atoms with van der Waals surface area (Å²) >= 11 is 6.19. The van der Waals surface area contributed by atoms with Crippen molar-refractivity contribution >= 4 is 17.3 Å². The molecule has 1 aliphatic rings. The molecule has 0 spiro atoms. The van der Waals surface area contributed by atoms with E-state index in [2.05, 4.69) is 36.2 Å². The third kappa shape index (κ3) is 4.11. The molecule has 1 heterocycles. The Kier molecular flexibility index (Phi) is 6.14. The molecule has 1 saturated heterocycles. The Morgan fingerprint density at radius 2 is 2.25 bits per heavy atom. The van der Waals surface area contributed by atoms with Gasteiger partial charge in [-0.25, -0.2) is 0 Å². The highest BCUT2D eigenvalue weighted by Gasteiger charge is 2.22. The van der Waals surface area contributed by atoms with Crippen LogP contribution in [0.3, 0.4) is 0 Å². The summed E-state index contributed by atoms with van der Waals surface area (Å²) in [5.74, 6) is 0. The number of anilines is 1. The number of piperidine rings is 1. The van der Waals surface area contributed by atoms with Crippen LogP contribution < -0.4 is 10.2 Å². The lowest BCUT2D eigenvalue weighted by atomic mass is 10.0. The third-order valence-electron chi connectivity index (χ3n) is 3.73. The molecule has 0 aliphatic carbocycles. The lowest BCUT2D eigenvalue weighted by molar-refractivity contribution is 0.0526. The van der Waals surface area contributed by atoms with Crippen LogP contribution >= 0.6 is 11.6 Å². The van der Waals surface area contributed by atoms with Gasteiger partial charge in [-0.2, -0.15) is 0 Å². The molecular formula is C16H25ClN2O. The van der Waals surface area contributed by atoms with Crippen molar-refractivity contribution in [3.8, 4) is 0 Å². The largest absolute Gasteiger partial charge is 0.377 e. The lowest BCUT2D eigenvalue weighted by Crippen LogP contribution is -2.40. The van der Waals surface area contributed by atoms with Crippen molar-refractivity contribution in [3.05, 3.63) is 28.8 Å². The zero-order chi connectivity index (χ0) is 14.4. The number of ether oxygens (including phenoxy) is 1. The van der Waals surface area contributed by atoms with Crippen LogP contribution in [0.5, 0.6) is 0 Å². The molecule has 2 rings (SSSR count). The summed E-state index contributed by atoms with van der Waals surface area (Å²) in [7, 11) is 0. The van der Waals surface area contributed by atoms with Crippen molar-refractivity contribution in [2.45, 2.75) is 39.3 Å². The molecule has 3 nitrogen and oxygen atoms in total. The summed E-state index contributed by atoms with van der Waals surface area (Å²) in [6.45, 7) is 8.90. The second kappa shape index (κ2) is 7.87. The van der Waals surface area contributed by atoms with E-state index in [1.54, 1.807) is 0 Å². The maximum absolute atomic E-state index is 6.19. The standard InChI is InChI=1S/C16H25ClN2O/c1-3-18-11-13-7-8-14(17)10-16(13)19-9-5-6-15(12-19)20-4-2/h7-8,10,15,18H,3-6,9,11-12H2,1-2H3. The van der Waals surface area contributed by atoms with E-state index < -0.39 is 0 Å². The minimum absolute atomic E-state index is 0.347. The Hall–Kier alpha value is -0.770. The van der Waals surface area contributed by atoms with Crippen molar-refractivity contribution in [3.63, 3.8) is 0 Å². The SMILES string of the molecule is CCNCc1ccc(Cl)cc1N1CCCC(OCC)C1. The van der Waals surface area contributed by atoms with E-state index in [1.807, 2.05) is 6.07 Å². The predicted octanol–water partition coefficient (Wildman–Crippen LogP) is 3.45. The molecule has 0 amide bonds. The Balaban J connectivity index is 2.14. The Labute approximate surface area is 127 Å². The Morgan fingerprint density at radius 1 is 1.40 bits per heavy atom. The van der Waals surface area contributed by atoms with E-state index in [0.29, 0.717) is 6.10 Å². The first-order valence-electron chi connectivity index (χ1n) is 7.60. The molecule has 1 N–H and O–H groups in total. The lowest BCUT2D eigenvalue weighted by Gasteiger charge is -2.35. The minimum Gasteiger partial charge on any atom is -0.377 e. The molecule has 20 heavy (non-hydrogen) atoms. The van der Waals surface area contributed by atoms with Gasteiger partial charge in [-0.15, -0.1) is 0 Å². The van der Waals surface area contributed by atoms with Crippen molar-refractivity contribution in [1.29, 1.82) is 0 Å². The molecule has 1 atom stereocenters. The average molecular weight is 297 g/mol. The number of hydrogen-bond acceptors (Lipinski definition) is 3. The molecule has 0 saturated carbocycles. The van der Waals surface area contributed by atoms with Crippen LogP contribution in [0.15, 0.2) is 18.2 Å². The van der Waals surface area contributed by atoms with E-state index in [1.165, 1.54) is 17.7 Å². The first kappa shape index (κ1) is 15.6. The van der Waals surface area contributed by atoms with Gasteiger partial charge in [-0.05, 0) is 44.0 Å². The summed E-state index contributed by atoms with van der Waals surface area (Å²) in [6, 6.07) is 6.19. The van der Waals surface area contributed by atoms with Crippen molar-refractivity contribution in [1.82, 2.24) is 5.32 Å². The van der Waals surface area contributed by atoms with Crippen molar-refractivity contribution in [2.24, 2.45) is 0 Å². The summed E-state index contributed by atoms with van der Waals surface area (Å²) in [6.07, 6.45) is 2.69. The fourth-order valence-corrected chi connectivity index (χ4v) is 2.94. The summed E-state index contributed by atoms with van der Waals surface area (Å²) in [5.41, 5.74) is 2.57. The molecule has 0 radical (unpaired) electrons. The van der Waals surface area contributed by atoms with Gasteiger partial charge in [-0.3, -0.25) is 0 Å². The van der Waals surface area contributed by atoms with Crippen LogP contribution in [-0.4, -0.2) is 32.3 Å². The molecule has 0 bridgehead atoms. The van der Waals surface area contributed by atoms with Crippen molar-refractivity contribution in [2.75, 3.05) is 31.1 Å². The molecule has 1 unspecified atom stereocenters. The van der Waals surface area contributed by atoms with Gasteiger partial charge in [0, 0.05) is 37.0 Å².